The molecular formula is C18H10Cl3F3N2O3. The molecule has 29 heavy (non-hydrogen) atoms. The van der Waals surface area contributed by atoms with E-state index in [4.69, 9.17) is 39.6 Å². The monoisotopic (exact) mass is 464 g/mol. The molecule has 0 fully saturated rings. The van der Waals surface area contributed by atoms with Crippen molar-refractivity contribution in [1.29, 1.82) is 0 Å². The van der Waals surface area contributed by atoms with Gasteiger partial charge in [0.15, 0.2) is 0 Å². The number of imide groups is 1. The lowest BCUT2D eigenvalue weighted by Gasteiger charge is -2.30. The Hall–Kier alpha value is -2.29. The molecule has 0 aromatic heterocycles. The molecule has 152 valence electrons. The summed E-state index contributed by atoms with van der Waals surface area (Å²) in [6.45, 7) is 0. The number of hydrogen-bond donors (Lipinski definition) is 1. The molecule has 0 saturated carbocycles. The van der Waals surface area contributed by atoms with E-state index in [-0.39, 0.29) is 38.3 Å². The van der Waals surface area contributed by atoms with Gasteiger partial charge in [0.2, 0.25) is 6.41 Å². The molecule has 0 radical (unpaired) electrons. The number of carbonyl (C=O) groups excluding carboxylic acids is 2. The first-order valence-electron chi connectivity index (χ1n) is 7.91. The zero-order valence-corrected chi connectivity index (χ0v) is 16.5. The van der Waals surface area contributed by atoms with Crippen molar-refractivity contribution in [3.63, 3.8) is 0 Å². The molecule has 1 aliphatic rings. The number of carbonyl (C=O) groups is 2. The van der Waals surface area contributed by atoms with Crippen molar-refractivity contribution in [2.45, 2.75) is 18.2 Å². The van der Waals surface area contributed by atoms with E-state index in [0.717, 1.165) is 12.1 Å². The van der Waals surface area contributed by atoms with Gasteiger partial charge < -0.3 is 4.84 Å². The average molecular weight is 466 g/mol. The van der Waals surface area contributed by atoms with Crippen LogP contribution in [-0.2, 0) is 15.2 Å². The third-order valence-electron chi connectivity index (χ3n) is 4.31. The van der Waals surface area contributed by atoms with Gasteiger partial charge in [0, 0.05) is 17.5 Å². The molecule has 1 aliphatic heterocycles. The highest BCUT2D eigenvalue weighted by molar-refractivity contribution is 6.48. The van der Waals surface area contributed by atoms with Crippen LogP contribution < -0.4 is 5.32 Å². The molecule has 5 nitrogen and oxygen atoms in total. The van der Waals surface area contributed by atoms with Gasteiger partial charge in [0.25, 0.3) is 11.5 Å². The Bertz CT molecular complexity index is 987. The van der Waals surface area contributed by atoms with Crippen LogP contribution in [-0.4, -0.2) is 24.2 Å². The molecule has 2 aromatic rings. The molecule has 1 heterocycles. The molecule has 0 unspecified atom stereocenters. The van der Waals surface area contributed by atoms with Crippen LogP contribution in [0.4, 0.5) is 13.2 Å². The van der Waals surface area contributed by atoms with E-state index in [1.54, 1.807) is 0 Å². The first-order chi connectivity index (χ1) is 13.6. The van der Waals surface area contributed by atoms with Crippen molar-refractivity contribution < 1.29 is 27.6 Å². The van der Waals surface area contributed by atoms with E-state index in [1.165, 1.54) is 24.3 Å². The molecule has 0 saturated heterocycles. The number of hydrogen-bond acceptors (Lipinski definition) is 4. The van der Waals surface area contributed by atoms with Crippen LogP contribution >= 0.6 is 34.8 Å². The first-order valence-corrected chi connectivity index (χ1v) is 9.04. The van der Waals surface area contributed by atoms with Gasteiger partial charge in [0.05, 0.1) is 20.8 Å². The molecule has 2 amide bonds. The largest absolute Gasteiger partial charge is 0.435 e. The summed E-state index contributed by atoms with van der Waals surface area (Å²) >= 11 is 17.6. The molecule has 1 N–H and O–H groups in total. The molecule has 3 rings (SSSR count). The Balaban J connectivity index is 1.95. The van der Waals surface area contributed by atoms with Crippen molar-refractivity contribution in [3.05, 3.63) is 68.2 Å². The van der Waals surface area contributed by atoms with Crippen molar-refractivity contribution in [1.82, 2.24) is 5.32 Å². The zero-order valence-electron chi connectivity index (χ0n) is 14.2. The molecule has 11 heteroatoms. The summed E-state index contributed by atoms with van der Waals surface area (Å²) in [5.41, 5.74) is -2.67. The van der Waals surface area contributed by atoms with Crippen molar-refractivity contribution in [3.8, 4) is 0 Å². The highest BCUT2D eigenvalue weighted by atomic mass is 35.5. The van der Waals surface area contributed by atoms with Gasteiger partial charge in [0.1, 0.15) is 0 Å². The number of alkyl halides is 3. The van der Waals surface area contributed by atoms with Crippen LogP contribution in [0.5, 0.6) is 0 Å². The topological polar surface area (TPSA) is 67.8 Å². The summed E-state index contributed by atoms with van der Waals surface area (Å²) in [5.74, 6) is -0.647. The van der Waals surface area contributed by atoms with Crippen LogP contribution in [0.2, 0.25) is 15.1 Å². The second-order valence-electron chi connectivity index (χ2n) is 6.05. The van der Waals surface area contributed by atoms with Gasteiger partial charge in [-0.2, -0.15) is 13.2 Å². The second kappa shape index (κ2) is 7.85. The number of rotatable bonds is 4. The summed E-state index contributed by atoms with van der Waals surface area (Å²) in [6.07, 6.45) is -5.27. The van der Waals surface area contributed by atoms with Gasteiger partial charge >= 0.3 is 6.18 Å². The van der Waals surface area contributed by atoms with Gasteiger partial charge in [-0.3, -0.25) is 14.9 Å². The Kier molecular flexibility index (Phi) is 5.80. The van der Waals surface area contributed by atoms with Crippen LogP contribution in [0.3, 0.4) is 0 Å². The predicted molar refractivity (Wildman–Crippen MR) is 101 cm³/mol. The maximum atomic E-state index is 14.0. The summed E-state index contributed by atoms with van der Waals surface area (Å²) in [5, 5.41) is 5.20. The SMILES string of the molecule is O=CNC(=O)c1ccc(C2=NO[C@@](c3cc(Cl)c(Cl)c(Cl)c3)(C(F)(F)F)C2)cc1. The van der Waals surface area contributed by atoms with Crippen LogP contribution in [0, 0.1) is 0 Å². The standard InChI is InChI=1S/C18H10Cl3F3N2O3/c19-12-5-11(6-13(20)15(12)21)17(18(22,23)24)7-14(26-29-17)9-1-3-10(4-2-9)16(28)25-8-27/h1-6,8H,7H2,(H,25,27,28)/t17-/m0/s1. The quantitative estimate of drug-likeness (QED) is 0.504. The minimum Gasteiger partial charge on any atom is -0.374 e. The summed E-state index contributed by atoms with van der Waals surface area (Å²) in [6, 6.07) is 7.57. The maximum Gasteiger partial charge on any atom is 0.435 e. The molecule has 0 spiro atoms. The van der Waals surface area contributed by atoms with Crippen molar-refractivity contribution in [2.24, 2.45) is 5.16 Å². The summed E-state index contributed by atoms with van der Waals surface area (Å²) in [7, 11) is 0. The lowest BCUT2D eigenvalue weighted by molar-refractivity contribution is -0.275. The molecule has 2 aromatic carbocycles. The van der Waals surface area contributed by atoms with Gasteiger partial charge in [-0.25, -0.2) is 0 Å². The fourth-order valence-corrected chi connectivity index (χ4v) is 3.39. The number of nitrogens with zero attached hydrogens (tertiary/aromatic N) is 1. The summed E-state index contributed by atoms with van der Waals surface area (Å²) < 4.78 is 42.0. The second-order valence-corrected chi connectivity index (χ2v) is 7.25. The number of oxime groups is 1. The van der Waals surface area contributed by atoms with Crippen molar-refractivity contribution in [2.75, 3.05) is 0 Å². The number of halogens is 6. The van der Waals surface area contributed by atoms with Gasteiger partial charge in [-0.15, -0.1) is 0 Å². The van der Waals surface area contributed by atoms with Crippen LogP contribution in [0.25, 0.3) is 0 Å². The van der Waals surface area contributed by atoms with E-state index >= 15 is 0 Å². The molecular weight excluding hydrogens is 456 g/mol. The zero-order chi connectivity index (χ0) is 21.4. The molecule has 0 aliphatic carbocycles. The van der Waals surface area contributed by atoms with Gasteiger partial charge in [-0.05, 0) is 29.8 Å². The van der Waals surface area contributed by atoms with Gasteiger partial charge in [-0.1, -0.05) is 52.1 Å². The number of amides is 2. The molecule has 0 bridgehead atoms. The Morgan fingerprint density at radius 2 is 1.72 bits per heavy atom. The minimum absolute atomic E-state index is 0.00636. The predicted octanol–water partition coefficient (Wildman–Crippen LogP) is 5.12. The highest BCUT2D eigenvalue weighted by Gasteiger charge is 2.62. The Morgan fingerprint density at radius 3 is 2.24 bits per heavy atom. The Labute approximate surface area is 177 Å². The van der Waals surface area contributed by atoms with E-state index < -0.39 is 24.1 Å². The Morgan fingerprint density at radius 1 is 1.14 bits per heavy atom. The normalized spacial score (nSPS) is 18.8. The van der Waals surface area contributed by atoms with E-state index in [2.05, 4.69) is 5.16 Å². The number of nitrogens with one attached hydrogen (secondary N) is 1. The van der Waals surface area contributed by atoms with Crippen molar-refractivity contribution >= 4 is 52.8 Å². The fourth-order valence-electron chi connectivity index (χ4n) is 2.80. The lowest BCUT2D eigenvalue weighted by Crippen LogP contribution is -2.42. The third kappa shape index (κ3) is 3.92. The van der Waals surface area contributed by atoms with E-state index in [0.29, 0.717) is 5.56 Å². The average Bonchev–Trinajstić information content (AvgIpc) is 3.13. The maximum absolute atomic E-state index is 14.0. The third-order valence-corrected chi connectivity index (χ3v) is 5.50. The van der Waals surface area contributed by atoms with E-state index in [9.17, 15) is 22.8 Å². The minimum atomic E-state index is -4.84. The summed E-state index contributed by atoms with van der Waals surface area (Å²) in [4.78, 5) is 26.8. The highest BCUT2D eigenvalue weighted by Crippen LogP contribution is 2.50. The van der Waals surface area contributed by atoms with E-state index in [1.807, 2.05) is 5.32 Å². The molecule has 1 atom stereocenters. The fraction of sp³-hybridized carbons (Fsp3) is 0.167. The number of benzene rings is 2. The first kappa shape index (κ1) is 21.4. The smallest absolute Gasteiger partial charge is 0.374 e. The van der Waals surface area contributed by atoms with Crippen LogP contribution in [0.15, 0.2) is 41.6 Å². The van der Waals surface area contributed by atoms with Crippen LogP contribution in [0.1, 0.15) is 27.9 Å². The lowest BCUT2D eigenvalue weighted by atomic mass is 9.86.